The highest BCUT2D eigenvalue weighted by atomic mass is 32.2. The van der Waals surface area contributed by atoms with E-state index in [4.69, 9.17) is 0 Å². The summed E-state index contributed by atoms with van der Waals surface area (Å²) in [4.78, 5) is 2.71. The van der Waals surface area contributed by atoms with Crippen molar-refractivity contribution in [3.05, 3.63) is 224 Å². The molecule has 2 aliphatic heterocycles. The van der Waals surface area contributed by atoms with E-state index in [9.17, 15) is 0 Å². The average Bonchev–Trinajstić information content (AvgIpc) is 3.84. The summed E-state index contributed by atoms with van der Waals surface area (Å²) in [6.07, 6.45) is 33.5. The molecule has 0 saturated carbocycles. The zero-order valence-corrected chi connectivity index (χ0v) is 33.0. The number of benzene rings is 6. The maximum Gasteiger partial charge on any atom is 0.0557 e. The molecule has 0 amide bonds. The van der Waals surface area contributed by atoms with E-state index in [-0.39, 0.29) is 6.04 Å². The van der Waals surface area contributed by atoms with Crippen LogP contribution in [0.15, 0.2) is 224 Å². The smallest absolute Gasteiger partial charge is 0.0557 e. The number of rotatable bonds is 5. The molecular formula is C56H43NS. The lowest BCUT2D eigenvalue weighted by Gasteiger charge is -2.34. The largest absolute Gasteiger partial charge is 0.357 e. The average molecular weight is 762 g/mol. The highest BCUT2D eigenvalue weighted by molar-refractivity contribution is 8.01. The van der Waals surface area contributed by atoms with Gasteiger partial charge in [-0.3, -0.25) is 0 Å². The van der Waals surface area contributed by atoms with Crippen LogP contribution in [0, 0.1) is 23.7 Å². The minimum atomic E-state index is 0.283. The number of anilines is 1. The van der Waals surface area contributed by atoms with Crippen molar-refractivity contribution in [3.8, 4) is 33.4 Å². The number of allylic oxidation sites excluding steroid dienone is 10. The molecule has 0 bridgehead atoms. The van der Waals surface area contributed by atoms with Gasteiger partial charge >= 0.3 is 0 Å². The van der Waals surface area contributed by atoms with Gasteiger partial charge in [0.25, 0.3) is 0 Å². The Balaban J connectivity index is 0.937. The Labute approximate surface area is 345 Å². The third-order valence-corrected chi connectivity index (χ3v) is 15.2. The van der Waals surface area contributed by atoms with Crippen LogP contribution in [0.5, 0.6) is 0 Å². The summed E-state index contributed by atoms with van der Waals surface area (Å²) in [5.74, 6) is 2.01. The second-order valence-corrected chi connectivity index (χ2v) is 17.9. The fourth-order valence-corrected chi connectivity index (χ4v) is 12.8. The molecule has 12 rings (SSSR count). The SMILES string of the molecule is C1=CC2SC3C(C4=CC5C(C=C4)C4C=CC=CC4N5c4ccc(-c5ccc6c(-c7ccccc7)c7ccccc7c(-c7ccccc7)c6c5)cc4)=CC=CC3C2C=C1. The zero-order chi connectivity index (χ0) is 38.2. The van der Waals surface area contributed by atoms with E-state index >= 15 is 0 Å². The molecule has 0 radical (unpaired) electrons. The monoisotopic (exact) mass is 761 g/mol. The molecule has 4 aliphatic carbocycles. The summed E-state index contributed by atoms with van der Waals surface area (Å²) in [7, 11) is 0. The van der Waals surface area contributed by atoms with E-state index in [1.165, 1.54) is 71.8 Å². The van der Waals surface area contributed by atoms with Gasteiger partial charge in [0.15, 0.2) is 0 Å². The van der Waals surface area contributed by atoms with Crippen molar-refractivity contribution in [2.24, 2.45) is 23.7 Å². The number of fused-ring (bicyclic) bond motifs is 8. The molecular weight excluding hydrogens is 719 g/mol. The van der Waals surface area contributed by atoms with Gasteiger partial charge in [-0.25, -0.2) is 0 Å². The maximum atomic E-state index is 2.71. The number of hydrogen-bond acceptors (Lipinski definition) is 2. The van der Waals surface area contributed by atoms with Crippen molar-refractivity contribution in [2.45, 2.75) is 22.6 Å². The van der Waals surface area contributed by atoms with Gasteiger partial charge in [-0.2, -0.15) is 0 Å². The molecule has 2 heterocycles. The quantitative estimate of drug-likeness (QED) is 0.161. The van der Waals surface area contributed by atoms with E-state index in [1.807, 2.05) is 0 Å². The van der Waals surface area contributed by atoms with E-state index in [0.717, 1.165) is 0 Å². The Bertz CT molecular complexity index is 2850. The van der Waals surface area contributed by atoms with Gasteiger partial charge in [0.2, 0.25) is 0 Å². The van der Waals surface area contributed by atoms with Crippen molar-refractivity contribution < 1.29 is 0 Å². The number of nitrogens with zero attached hydrogens (tertiary/aromatic N) is 1. The Morgan fingerprint density at radius 2 is 1.03 bits per heavy atom. The molecule has 0 aromatic heterocycles. The number of hydrogen-bond donors (Lipinski definition) is 0. The van der Waals surface area contributed by atoms with E-state index in [1.54, 1.807) is 0 Å². The summed E-state index contributed by atoms with van der Waals surface area (Å²) >= 11 is 2.15. The van der Waals surface area contributed by atoms with Gasteiger partial charge in [-0.05, 0) is 84.3 Å². The van der Waals surface area contributed by atoms with Crippen LogP contribution < -0.4 is 4.90 Å². The minimum Gasteiger partial charge on any atom is -0.357 e. The molecule has 58 heavy (non-hydrogen) atoms. The van der Waals surface area contributed by atoms with Gasteiger partial charge in [0, 0.05) is 39.9 Å². The highest BCUT2D eigenvalue weighted by Gasteiger charge is 2.48. The van der Waals surface area contributed by atoms with Crippen LogP contribution in [0.3, 0.4) is 0 Å². The predicted molar refractivity (Wildman–Crippen MR) is 248 cm³/mol. The lowest BCUT2D eigenvalue weighted by Crippen LogP contribution is -2.37. The van der Waals surface area contributed by atoms with Crippen LogP contribution >= 0.6 is 11.8 Å². The van der Waals surface area contributed by atoms with Gasteiger partial charge < -0.3 is 4.90 Å². The second kappa shape index (κ2) is 13.8. The van der Waals surface area contributed by atoms with Crippen molar-refractivity contribution in [1.82, 2.24) is 0 Å². The fourth-order valence-electron chi connectivity index (χ4n) is 11.0. The van der Waals surface area contributed by atoms with Crippen molar-refractivity contribution in [3.63, 3.8) is 0 Å². The molecule has 2 heteroatoms. The molecule has 1 nitrogen and oxygen atoms in total. The van der Waals surface area contributed by atoms with E-state index < -0.39 is 0 Å². The Kier molecular flexibility index (Phi) is 8.08. The first-order valence-electron chi connectivity index (χ1n) is 20.9. The standard InChI is InChI=1S/C56H43NS/c1-3-14-37(15-4-1)54-46-20-7-8-21-47(46)55(38-16-5-2-6-17-38)50-34-39(28-33-48(50)54)36-26-30-41(31-27-36)57-51-24-11-9-18-43(51)44-32-29-40(35-52(44)57)42-22-13-23-49-45-19-10-12-25-53(45)58-56(42)49/h1-35,43-45,49,51-53,56H. The van der Waals surface area contributed by atoms with Crippen LogP contribution in [0.2, 0.25) is 0 Å². The normalized spacial score (nSPS) is 27.3. The zero-order valence-electron chi connectivity index (χ0n) is 32.2. The van der Waals surface area contributed by atoms with Crippen LogP contribution in [0.25, 0.3) is 54.9 Å². The first-order chi connectivity index (χ1) is 28.8. The number of thioether (sulfide) groups is 1. The van der Waals surface area contributed by atoms with Crippen molar-refractivity contribution in [2.75, 3.05) is 4.90 Å². The first-order valence-corrected chi connectivity index (χ1v) is 21.9. The molecule has 0 N–H and O–H groups in total. The van der Waals surface area contributed by atoms with Gasteiger partial charge in [-0.15, -0.1) is 11.8 Å². The van der Waals surface area contributed by atoms with Gasteiger partial charge in [-0.1, -0.05) is 194 Å². The predicted octanol–water partition coefficient (Wildman–Crippen LogP) is 13.7. The molecule has 2 fully saturated rings. The molecule has 8 atom stereocenters. The fraction of sp³-hybridized carbons (Fsp3) is 0.143. The van der Waals surface area contributed by atoms with E-state index in [2.05, 4.69) is 229 Å². The van der Waals surface area contributed by atoms with Crippen LogP contribution in [0.4, 0.5) is 5.69 Å². The Morgan fingerprint density at radius 3 is 1.79 bits per heavy atom. The van der Waals surface area contributed by atoms with Crippen LogP contribution in [0.1, 0.15) is 0 Å². The van der Waals surface area contributed by atoms with Crippen LogP contribution in [-0.4, -0.2) is 22.6 Å². The lowest BCUT2D eigenvalue weighted by atomic mass is 9.76. The molecule has 6 aliphatic rings. The van der Waals surface area contributed by atoms with Gasteiger partial charge in [0.05, 0.1) is 12.1 Å². The summed E-state index contributed by atoms with van der Waals surface area (Å²) in [5.41, 5.74) is 11.7. The molecule has 8 unspecified atom stereocenters. The summed E-state index contributed by atoms with van der Waals surface area (Å²) in [6, 6.07) is 47.9. The summed E-state index contributed by atoms with van der Waals surface area (Å²) in [5, 5.41) is 6.17. The minimum absolute atomic E-state index is 0.283. The topological polar surface area (TPSA) is 3.24 Å². The van der Waals surface area contributed by atoms with Gasteiger partial charge in [0.1, 0.15) is 0 Å². The lowest BCUT2D eigenvalue weighted by molar-refractivity contribution is 0.515. The third-order valence-electron chi connectivity index (χ3n) is 13.6. The molecule has 2 saturated heterocycles. The molecule has 278 valence electrons. The molecule has 0 spiro atoms. The Hall–Kier alpha value is -6.09. The van der Waals surface area contributed by atoms with Crippen molar-refractivity contribution in [1.29, 1.82) is 0 Å². The van der Waals surface area contributed by atoms with Crippen molar-refractivity contribution >= 4 is 39.0 Å². The summed E-state index contributed by atoms with van der Waals surface area (Å²) < 4.78 is 0. The third kappa shape index (κ3) is 5.38. The summed E-state index contributed by atoms with van der Waals surface area (Å²) in [6.45, 7) is 0. The maximum absolute atomic E-state index is 2.71. The highest BCUT2D eigenvalue weighted by Crippen LogP contribution is 2.54. The van der Waals surface area contributed by atoms with E-state index in [0.29, 0.717) is 40.2 Å². The second-order valence-electron chi connectivity index (χ2n) is 16.6. The Morgan fingerprint density at radius 1 is 0.431 bits per heavy atom. The molecule has 6 aromatic carbocycles. The molecule has 6 aromatic rings. The van der Waals surface area contributed by atoms with Crippen LogP contribution in [-0.2, 0) is 0 Å². The first kappa shape index (κ1) is 34.0.